The molecule has 1 aliphatic heterocycles. The zero-order valence-electron chi connectivity index (χ0n) is 13.7. The molecule has 0 atom stereocenters. The summed E-state index contributed by atoms with van der Waals surface area (Å²) in [5, 5.41) is 11.0. The van der Waals surface area contributed by atoms with Gasteiger partial charge in [0, 0.05) is 24.1 Å². The zero-order chi connectivity index (χ0) is 18.8. The maximum absolute atomic E-state index is 12.5. The van der Waals surface area contributed by atoms with E-state index in [-0.39, 0.29) is 30.4 Å². The summed E-state index contributed by atoms with van der Waals surface area (Å²) in [6, 6.07) is 7.53. The Balaban J connectivity index is 1.78. The Morgan fingerprint density at radius 3 is 2.85 bits per heavy atom. The smallest absolute Gasteiger partial charge is 0.271 e. The van der Waals surface area contributed by atoms with Crippen molar-refractivity contribution in [2.45, 2.75) is 6.54 Å². The highest BCUT2D eigenvalue weighted by Crippen LogP contribution is 2.35. The lowest BCUT2D eigenvalue weighted by molar-refractivity contribution is -0.384. The first-order valence-electron chi connectivity index (χ1n) is 7.55. The molecule has 3 rings (SSSR count). The molecule has 0 unspecified atom stereocenters. The lowest BCUT2D eigenvalue weighted by Gasteiger charge is -2.30. The fourth-order valence-corrected chi connectivity index (χ4v) is 3.63. The van der Waals surface area contributed by atoms with Gasteiger partial charge < -0.3 is 9.64 Å². The molecule has 2 amide bonds. The summed E-state index contributed by atoms with van der Waals surface area (Å²) in [6.45, 7) is -0.0924. The van der Waals surface area contributed by atoms with Crippen molar-refractivity contribution in [1.29, 1.82) is 0 Å². The number of hydrogen-bond acceptors (Lipinski definition) is 6. The minimum Gasteiger partial charge on any atom is -0.482 e. The third kappa shape index (κ3) is 3.78. The molecule has 0 spiro atoms. The van der Waals surface area contributed by atoms with Gasteiger partial charge in [-0.1, -0.05) is 11.6 Å². The lowest BCUT2D eigenvalue weighted by atomic mass is 10.2. The number of carbonyl (C=O) groups excluding carboxylic acids is 2. The van der Waals surface area contributed by atoms with Gasteiger partial charge in [0.15, 0.2) is 6.61 Å². The van der Waals surface area contributed by atoms with Crippen molar-refractivity contribution < 1.29 is 19.2 Å². The fraction of sp³-hybridized carbons (Fsp3) is 0.250. The molecule has 0 radical (unpaired) electrons. The number of thiophene rings is 1. The number of nitrogens with zero attached hydrogens (tertiary/aromatic N) is 3. The Labute approximate surface area is 157 Å². The van der Waals surface area contributed by atoms with Crippen LogP contribution in [0.15, 0.2) is 30.3 Å². The molecule has 10 heteroatoms. The first kappa shape index (κ1) is 18.2. The summed E-state index contributed by atoms with van der Waals surface area (Å²) in [5.74, 6) is -0.406. The summed E-state index contributed by atoms with van der Waals surface area (Å²) in [5.41, 5.74) is 0.0393. The predicted octanol–water partition coefficient (Wildman–Crippen LogP) is 2.69. The van der Waals surface area contributed by atoms with Gasteiger partial charge in [0.05, 0.1) is 21.5 Å². The second kappa shape index (κ2) is 7.30. The van der Waals surface area contributed by atoms with E-state index in [1.807, 2.05) is 6.07 Å². The van der Waals surface area contributed by atoms with Crippen LogP contribution in [0.5, 0.6) is 5.75 Å². The Morgan fingerprint density at radius 2 is 2.19 bits per heavy atom. The van der Waals surface area contributed by atoms with Gasteiger partial charge in [-0.05, 0) is 18.2 Å². The molecule has 2 aromatic rings. The maximum atomic E-state index is 12.5. The number of nitro groups is 1. The molecule has 2 heterocycles. The lowest BCUT2D eigenvalue weighted by Crippen LogP contribution is -2.45. The van der Waals surface area contributed by atoms with Gasteiger partial charge in [-0.25, -0.2) is 0 Å². The maximum Gasteiger partial charge on any atom is 0.271 e. The van der Waals surface area contributed by atoms with Gasteiger partial charge in [0.25, 0.3) is 11.6 Å². The zero-order valence-corrected chi connectivity index (χ0v) is 15.2. The van der Waals surface area contributed by atoms with Crippen LogP contribution in [0.4, 0.5) is 11.4 Å². The Bertz CT molecular complexity index is 885. The van der Waals surface area contributed by atoms with E-state index in [1.54, 1.807) is 13.1 Å². The molecule has 0 saturated heterocycles. The molecule has 0 aliphatic carbocycles. The van der Waals surface area contributed by atoms with Crippen LogP contribution in [0.2, 0.25) is 4.34 Å². The van der Waals surface area contributed by atoms with E-state index >= 15 is 0 Å². The molecule has 1 aromatic heterocycles. The molecule has 136 valence electrons. The van der Waals surface area contributed by atoms with Gasteiger partial charge in [0.2, 0.25) is 5.91 Å². The second-order valence-electron chi connectivity index (χ2n) is 5.63. The van der Waals surface area contributed by atoms with Crippen LogP contribution < -0.4 is 9.64 Å². The molecule has 0 fully saturated rings. The summed E-state index contributed by atoms with van der Waals surface area (Å²) in [7, 11) is 1.62. The molecule has 26 heavy (non-hydrogen) atoms. The SMILES string of the molecule is CN(Cc1ccc(Cl)s1)C(=O)CN1C(=O)COc2ccc([N+](=O)[O-])cc21. The van der Waals surface area contributed by atoms with Crippen LogP contribution in [0, 0.1) is 10.1 Å². The van der Waals surface area contributed by atoms with E-state index < -0.39 is 10.8 Å². The number of carbonyl (C=O) groups is 2. The largest absolute Gasteiger partial charge is 0.482 e. The normalized spacial score (nSPS) is 13.2. The van der Waals surface area contributed by atoms with Crippen LogP contribution in [0.25, 0.3) is 0 Å². The molecule has 0 saturated carbocycles. The van der Waals surface area contributed by atoms with Crippen molar-refractivity contribution in [3.05, 3.63) is 49.7 Å². The summed E-state index contributed by atoms with van der Waals surface area (Å²) >= 11 is 7.26. The quantitative estimate of drug-likeness (QED) is 0.573. The number of likely N-dealkylation sites (N-methyl/N-ethyl adjacent to an activating group) is 1. The van der Waals surface area contributed by atoms with Crippen molar-refractivity contribution in [1.82, 2.24) is 4.90 Å². The van der Waals surface area contributed by atoms with E-state index in [9.17, 15) is 19.7 Å². The molecule has 8 nitrogen and oxygen atoms in total. The summed E-state index contributed by atoms with van der Waals surface area (Å²) in [6.07, 6.45) is 0. The number of anilines is 1. The van der Waals surface area contributed by atoms with E-state index in [2.05, 4.69) is 0 Å². The van der Waals surface area contributed by atoms with E-state index in [1.165, 1.54) is 39.3 Å². The van der Waals surface area contributed by atoms with Crippen LogP contribution in [-0.2, 0) is 16.1 Å². The van der Waals surface area contributed by atoms with Crippen LogP contribution in [0.1, 0.15) is 4.88 Å². The molecule has 0 bridgehead atoms. The number of benzene rings is 1. The Kier molecular flexibility index (Phi) is 5.10. The number of ether oxygens (including phenoxy) is 1. The number of fused-ring (bicyclic) bond motifs is 1. The minimum atomic E-state index is -0.563. The number of nitro benzene ring substituents is 1. The Morgan fingerprint density at radius 1 is 1.42 bits per heavy atom. The predicted molar refractivity (Wildman–Crippen MR) is 96.7 cm³/mol. The van der Waals surface area contributed by atoms with Crippen molar-refractivity contribution in [2.75, 3.05) is 25.1 Å². The molecular weight excluding hydrogens is 382 g/mol. The summed E-state index contributed by atoms with van der Waals surface area (Å²) < 4.78 is 5.92. The van der Waals surface area contributed by atoms with Crippen molar-refractivity contribution in [3.63, 3.8) is 0 Å². The first-order chi connectivity index (χ1) is 12.3. The number of hydrogen-bond donors (Lipinski definition) is 0. The van der Waals surface area contributed by atoms with Gasteiger partial charge in [-0.15, -0.1) is 11.3 Å². The number of rotatable bonds is 5. The molecule has 1 aromatic carbocycles. The van der Waals surface area contributed by atoms with Gasteiger partial charge in [-0.2, -0.15) is 0 Å². The first-order valence-corrected chi connectivity index (χ1v) is 8.74. The van der Waals surface area contributed by atoms with Crippen LogP contribution >= 0.6 is 22.9 Å². The van der Waals surface area contributed by atoms with Gasteiger partial charge in [-0.3, -0.25) is 24.6 Å². The van der Waals surface area contributed by atoms with Crippen molar-refractivity contribution >= 4 is 46.1 Å². The van der Waals surface area contributed by atoms with Gasteiger partial charge >= 0.3 is 0 Å². The Hall–Kier alpha value is -2.65. The molecule has 0 N–H and O–H groups in total. The average Bonchev–Trinajstić information content (AvgIpc) is 3.01. The highest BCUT2D eigenvalue weighted by Gasteiger charge is 2.30. The summed E-state index contributed by atoms with van der Waals surface area (Å²) in [4.78, 5) is 38.8. The third-order valence-electron chi connectivity index (χ3n) is 3.84. The van der Waals surface area contributed by atoms with Gasteiger partial charge in [0.1, 0.15) is 12.3 Å². The van der Waals surface area contributed by atoms with E-state index in [0.717, 1.165) is 4.88 Å². The highest BCUT2D eigenvalue weighted by molar-refractivity contribution is 7.16. The molecule has 1 aliphatic rings. The van der Waals surface area contributed by atoms with E-state index in [4.69, 9.17) is 16.3 Å². The van der Waals surface area contributed by atoms with E-state index in [0.29, 0.717) is 16.6 Å². The number of non-ortho nitro benzene ring substituents is 1. The molecular formula is C16H14ClN3O5S. The minimum absolute atomic E-state index is 0.180. The monoisotopic (exact) mass is 395 g/mol. The fourth-order valence-electron chi connectivity index (χ4n) is 2.49. The number of halogens is 1. The third-order valence-corrected chi connectivity index (χ3v) is 5.05. The topological polar surface area (TPSA) is 93.0 Å². The van der Waals surface area contributed by atoms with Crippen molar-refractivity contribution in [3.8, 4) is 5.75 Å². The van der Waals surface area contributed by atoms with Crippen molar-refractivity contribution in [2.24, 2.45) is 0 Å². The second-order valence-corrected chi connectivity index (χ2v) is 7.43. The number of amides is 2. The van der Waals surface area contributed by atoms with Crippen LogP contribution in [-0.4, -0.2) is 41.8 Å². The average molecular weight is 396 g/mol. The standard InChI is InChI=1S/C16H14ClN3O5S/c1-18(7-11-3-5-14(17)26-11)15(21)8-19-12-6-10(20(23)24)2-4-13(12)25-9-16(19)22/h2-6H,7-9H2,1H3. The van der Waals surface area contributed by atoms with Crippen LogP contribution in [0.3, 0.4) is 0 Å². The highest BCUT2D eigenvalue weighted by atomic mass is 35.5.